The first-order valence-corrected chi connectivity index (χ1v) is 7.48. The lowest BCUT2D eigenvalue weighted by Gasteiger charge is -2.11. The number of anilines is 1. The molecule has 1 aliphatic carbocycles. The first-order chi connectivity index (χ1) is 8.83. The van der Waals surface area contributed by atoms with Crippen molar-refractivity contribution in [3.8, 4) is 0 Å². The molecule has 1 nitrogen and oxygen atoms in total. The van der Waals surface area contributed by atoms with E-state index in [0.29, 0.717) is 0 Å². The van der Waals surface area contributed by atoms with Crippen LogP contribution in [0.5, 0.6) is 0 Å². The van der Waals surface area contributed by atoms with Crippen LogP contribution >= 0.6 is 22.6 Å². The predicted octanol–water partition coefficient (Wildman–Crippen LogP) is 4.78. The number of hydrogen-bond acceptors (Lipinski definition) is 1. The summed E-state index contributed by atoms with van der Waals surface area (Å²) in [6, 6.07) is 17.3. The van der Waals surface area contributed by atoms with Gasteiger partial charge in [0, 0.05) is 15.8 Å². The second kappa shape index (κ2) is 5.31. The van der Waals surface area contributed by atoms with Crippen LogP contribution in [0.3, 0.4) is 0 Å². The molecule has 18 heavy (non-hydrogen) atoms. The van der Waals surface area contributed by atoms with Gasteiger partial charge in [0.25, 0.3) is 0 Å². The van der Waals surface area contributed by atoms with Crippen LogP contribution in [0.2, 0.25) is 0 Å². The number of halogens is 1. The third kappa shape index (κ3) is 2.86. The Kier molecular flexibility index (Phi) is 3.55. The highest BCUT2D eigenvalue weighted by molar-refractivity contribution is 14.1. The van der Waals surface area contributed by atoms with Crippen molar-refractivity contribution in [3.63, 3.8) is 0 Å². The Hall–Kier alpha value is -1.03. The molecule has 0 spiro atoms. The van der Waals surface area contributed by atoms with Crippen LogP contribution in [0.4, 0.5) is 5.69 Å². The van der Waals surface area contributed by atoms with Crippen LogP contribution in [0.25, 0.3) is 0 Å². The van der Waals surface area contributed by atoms with Gasteiger partial charge < -0.3 is 5.32 Å². The van der Waals surface area contributed by atoms with Crippen molar-refractivity contribution in [1.29, 1.82) is 0 Å². The number of hydrogen-bond donors (Lipinski definition) is 1. The summed E-state index contributed by atoms with van der Waals surface area (Å²) >= 11 is 2.35. The second-order valence-corrected chi connectivity index (χ2v) is 6.08. The number of nitrogens with one attached hydrogen (secondary N) is 1. The molecule has 1 N–H and O–H groups in total. The fourth-order valence-electron chi connectivity index (χ4n) is 2.28. The molecule has 3 rings (SSSR count). The van der Waals surface area contributed by atoms with Crippen LogP contribution < -0.4 is 5.32 Å². The molecule has 2 heteroatoms. The van der Waals surface area contributed by atoms with Crippen LogP contribution in [0.1, 0.15) is 29.9 Å². The van der Waals surface area contributed by atoms with Crippen LogP contribution in [-0.4, -0.2) is 0 Å². The van der Waals surface area contributed by atoms with Crippen molar-refractivity contribution in [2.45, 2.75) is 25.3 Å². The van der Waals surface area contributed by atoms with E-state index in [1.54, 1.807) is 0 Å². The smallest absolute Gasteiger partial charge is 0.0403 e. The summed E-state index contributed by atoms with van der Waals surface area (Å²) in [7, 11) is 0. The zero-order valence-corrected chi connectivity index (χ0v) is 12.4. The quantitative estimate of drug-likeness (QED) is 0.784. The topological polar surface area (TPSA) is 12.0 Å². The van der Waals surface area contributed by atoms with Gasteiger partial charge in [0.1, 0.15) is 0 Å². The summed E-state index contributed by atoms with van der Waals surface area (Å²) in [5.41, 5.74) is 4.18. The average molecular weight is 349 g/mol. The van der Waals surface area contributed by atoms with Crippen molar-refractivity contribution in [2.75, 3.05) is 5.32 Å². The van der Waals surface area contributed by atoms with Crippen molar-refractivity contribution >= 4 is 28.3 Å². The zero-order chi connectivity index (χ0) is 12.4. The third-order valence-corrected chi connectivity index (χ3v) is 4.05. The molecular formula is C16H16IN. The predicted molar refractivity (Wildman–Crippen MR) is 84.9 cm³/mol. The summed E-state index contributed by atoms with van der Waals surface area (Å²) in [5.74, 6) is 0.818. The monoisotopic (exact) mass is 349 g/mol. The first-order valence-electron chi connectivity index (χ1n) is 6.40. The molecule has 0 bridgehead atoms. The second-order valence-electron chi connectivity index (χ2n) is 4.84. The molecule has 0 heterocycles. The van der Waals surface area contributed by atoms with E-state index in [1.165, 1.54) is 33.2 Å². The van der Waals surface area contributed by atoms with Crippen molar-refractivity contribution < 1.29 is 0 Å². The van der Waals surface area contributed by atoms with Crippen LogP contribution in [0.15, 0.2) is 48.5 Å². The number of benzene rings is 2. The van der Waals surface area contributed by atoms with Gasteiger partial charge in [-0.15, -0.1) is 0 Å². The van der Waals surface area contributed by atoms with E-state index in [2.05, 4.69) is 76.4 Å². The maximum atomic E-state index is 3.52. The maximum absolute atomic E-state index is 3.52. The van der Waals surface area contributed by atoms with E-state index in [0.717, 1.165) is 12.5 Å². The van der Waals surface area contributed by atoms with E-state index >= 15 is 0 Å². The van der Waals surface area contributed by atoms with Gasteiger partial charge in [-0.25, -0.2) is 0 Å². The molecule has 0 aliphatic heterocycles. The standard InChI is InChI=1S/C16H16IN/c17-14-5-3-6-15(10-14)18-11-13-4-1-2-7-16(13)12-8-9-12/h1-7,10,12,18H,8-9,11H2. The molecule has 0 aromatic heterocycles. The van der Waals surface area contributed by atoms with Gasteiger partial charge in [-0.05, 0) is 70.7 Å². The molecule has 1 saturated carbocycles. The molecule has 0 unspecified atom stereocenters. The fraction of sp³-hybridized carbons (Fsp3) is 0.250. The normalized spacial score (nSPS) is 14.5. The third-order valence-electron chi connectivity index (χ3n) is 3.38. The van der Waals surface area contributed by atoms with Gasteiger partial charge in [0.05, 0.1) is 0 Å². The van der Waals surface area contributed by atoms with Gasteiger partial charge in [0.2, 0.25) is 0 Å². The Labute approximate surface area is 122 Å². The Balaban J connectivity index is 1.73. The lowest BCUT2D eigenvalue weighted by molar-refractivity contribution is 1.04. The van der Waals surface area contributed by atoms with E-state index in [-0.39, 0.29) is 0 Å². The molecule has 92 valence electrons. The van der Waals surface area contributed by atoms with Crippen LogP contribution in [0, 0.1) is 3.57 Å². The molecule has 2 aromatic rings. The fourth-order valence-corrected chi connectivity index (χ4v) is 2.83. The summed E-state index contributed by atoms with van der Waals surface area (Å²) in [5, 5.41) is 3.52. The van der Waals surface area contributed by atoms with Gasteiger partial charge in [-0.3, -0.25) is 0 Å². The summed E-state index contributed by atoms with van der Waals surface area (Å²) in [6.07, 6.45) is 2.72. The maximum Gasteiger partial charge on any atom is 0.0403 e. The summed E-state index contributed by atoms with van der Waals surface area (Å²) in [4.78, 5) is 0. The Bertz CT molecular complexity index is 546. The molecule has 0 radical (unpaired) electrons. The minimum absolute atomic E-state index is 0.818. The first kappa shape index (κ1) is 12.0. The Morgan fingerprint density at radius 3 is 2.67 bits per heavy atom. The Morgan fingerprint density at radius 1 is 1.06 bits per heavy atom. The Morgan fingerprint density at radius 2 is 1.89 bits per heavy atom. The van der Waals surface area contributed by atoms with E-state index in [1.807, 2.05) is 0 Å². The van der Waals surface area contributed by atoms with Crippen LogP contribution in [-0.2, 0) is 6.54 Å². The average Bonchev–Trinajstić information content (AvgIpc) is 3.21. The molecule has 1 aliphatic rings. The van der Waals surface area contributed by atoms with Crippen molar-refractivity contribution in [2.24, 2.45) is 0 Å². The van der Waals surface area contributed by atoms with E-state index < -0.39 is 0 Å². The number of rotatable bonds is 4. The van der Waals surface area contributed by atoms with E-state index in [4.69, 9.17) is 0 Å². The summed E-state index contributed by atoms with van der Waals surface area (Å²) in [6.45, 7) is 0.923. The lowest BCUT2D eigenvalue weighted by atomic mass is 10.0. The molecule has 1 fully saturated rings. The van der Waals surface area contributed by atoms with Gasteiger partial charge in [0.15, 0.2) is 0 Å². The minimum Gasteiger partial charge on any atom is -0.381 e. The zero-order valence-electron chi connectivity index (χ0n) is 10.2. The molecule has 0 amide bonds. The minimum atomic E-state index is 0.818. The van der Waals surface area contributed by atoms with Gasteiger partial charge in [-0.1, -0.05) is 30.3 Å². The SMILES string of the molecule is Ic1cccc(NCc2ccccc2C2CC2)c1. The molecule has 0 saturated heterocycles. The highest BCUT2D eigenvalue weighted by Crippen LogP contribution is 2.41. The van der Waals surface area contributed by atoms with Crippen molar-refractivity contribution in [1.82, 2.24) is 0 Å². The van der Waals surface area contributed by atoms with E-state index in [9.17, 15) is 0 Å². The van der Waals surface area contributed by atoms with Gasteiger partial charge in [-0.2, -0.15) is 0 Å². The van der Waals surface area contributed by atoms with Crippen molar-refractivity contribution in [3.05, 3.63) is 63.2 Å². The molecular weight excluding hydrogens is 333 g/mol. The van der Waals surface area contributed by atoms with Gasteiger partial charge >= 0.3 is 0 Å². The molecule has 0 atom stereocenters. The molecule has 2 aromatic carbocycles. The lowest BCUT2D eigenvalue weighted by Crippen LogP contribution is -2.02. The highest BCUT2D eigenvalue weighted by Gasteiger charge is 2.25. The largest absolute Gasteiger partial charge is 0.381 e. The highest BCUT2D eigenvalue weighted by atomic mass is 127. The summed E-state index contributed by atoms with van der Waals surface area (Å²) < 4.78 is 1.27.